The minimum Gasteiger partial charge on any atom is -0.341 e. The van der Waals surface area contributed by atoms with E-state index in [1.807, 2.05) is 18.7 Å². The van der Waals surface area contributed by atoms with Gasteiger partial charge in [-0.15, -0.1) is 0 Å². The number of non-ortho nitro benzene ring substituents is 1. The summed E-state index contributed by atoms with van der Waals surface area (Å²) in [5, 5.41) is 13.6. The Morgan fingerprint density at radius 2 is 1.80 bits per heavy atom. The van der Waals surface area contributed by atoms with Crippen LogP contribution in [0.2, 0.25) is 5.02 Å². The van der Waals surface area contributed by atoms with Crippen molar-refractivity contribution >= 4 is 29.1 Å². The molecule has 164 valence electrons. The number of nitrogens with zero attached hydrogens (tertiary/aromatic N) is 3. The Morgan fingerprint density at radius 3 is 2.33 bits per heavy atom. The van der Waals surface area contributed by atoms with Crippen molar-refractivity contribution in [1.82, 2.24) is 15.1 Å². The van der Waals surface area contributed by atoms with Crippen LogP contribution in [0, 0.1) is 16.0 Å². The fourth-order valence-corrected chi connectivity index (χ4v) is 4.55. The van der Waals surface area contributed by atoms with Crippen LogP contribution in [0.4, 0.5) is 5.69 Å². The van der Waals surface area contributed by atoms with E-state index in [0.717, 1.165) is 32.0 Å². The molecule has 0 aliphatic carbocycles. The van der Waals surface area contributed by atoms with Crippen molar-refractivity contribution in [3.63, 3.8) is 0 Å². The normalized spacial score (nSPS) is 19.1. The fourth-order valence-electron chi connectivity index (χ4n) is 4.29. The standard InChI is InChI=1S/C21H29ClN4O4/c1-14(2)19(23-20(27)17-6-5-16(26(29)30)13-18(17)22)21(28)25-11-7-15(8-12-25)24-9-3-4-10-24/h5-6,13-15,19H,3-4,7-12H2,1-2H3,(H,23,27). The van der Waals surface area contributed by atoms with Gasteiger partial charge in [0.2, 0.25) is 5.91 Å². The van der Waals surface area contributed by atoms with Crippen LogP contribution in [0.3, 0.4) is 0 Å². The summed E-state index contributed by atoms with van der Waals surface area (Å²) in [6.45, 7) is 7.46. The summed E-state index contributed by atoms with van der Waals surface area (Å²) in [6, 6.07) is 3.57. The van der Waals surface area contributed by atoms with Crippen molar-refractivity contribution in [1.29, 1.82) is 0 Å². The van der Waals surface area contributed by atoms with Crippen LogP contribution in [0.5, 0.6) is 0 Å². The molecule has 3 rings (SSSR count). The zero-order valence-electron chi connectivity index (χ0n) is 17.5. The van der Waals surface area contributed by atoms with Gasteiger partial charge in [0, 0.05) is 31.3 Å². The average Bonchev–Trinajstić information content (AvgIpc) is 3.26. The van der Waals surface area contributed by atoms with Crippen molar-refractivity contribution in [2.45, 2.75) is 51.6 Å². The molecule has 2 heterocycles. The number of likely N-dealkylation sites (tertiary alicyclic amines) is 2. The zero-order valence-corrected chi connectivity index (χ0v) is 18.2. The number of nitro benzene ring substituents is 1. The zero-order chi connectivity index (χ0) is 21.8. The summed E-state index contributed by atoms with van der Waals surface area (Å²) in [7, 11) is 0. The smallest absolute Gasteiger partial charge is 0.270 e. The first kappa shape index (κ1) is 22.5. The topological polar surface area (TPSA) is 95.8 Å². The van der Waals surface area contributed by atoms with Crippen LogP contribution in [0.25, 0.3) is 0 Å². The Balaban J connectivity index is 1.63. The number of rotatable bonds is 6. The van der Waals surface area contributed by atoms with E-state index in [4.69, 9.17) is 11.6 Å². The summed E-state index contributed by atoms with van der Waals surface area (Å²) in [4.78, 5) is 40.5. The predicted octanol–water partition coefficient (Wildman–Crippen LogP) is 3.09. The monoisotopic (exact) mass is 436 g/mol. The molecule has 2 fully saturated rings. The third-order valence-corrected chi connectivity index (χ3v) is 6.37. The maximum Gasteiger partial charge on any atom is 0.270 e. The summed E-state index contributed by atoms with van der Waals surface area (Å²) in [5.41, 5.74) is -0.0673. The van der Waals surface area contributed by atoms with E-state index >= 15 is 0 Å². The molecule has 8 nitrogen and oxygen atoms in total. The Kier molecular flexibility index (Phi) is 7.31. The quantitative estimate of drug-likeness (QED) is 0.546. The summed E-state index contributed by atoms with van der Waals surface area (Å²) in [5.74, 6) is -0.695. The first-order valence-electron chi connectivity index (χ1n) is 10.6. The lowest BCUT2D eigenvalue weighted by Crippen LogP contribution is -2.54. The molecule has 0 saturated carbocycles. The number of carbonyl (C=O) groups excluding carboxylic acids is 2. The van der Waals surface area contributed by atoms with E-state index in [0.29, 0.717) is 19.1 Å². The average molecular weight is 437 g/mol. The molecule has 1 aromatic rings. The van der Waals surface area contributed by atoms with Gasteiger partial charge in [-0.1, -0.05) is 25.4 Å². The van der Waals surface area contributed by atoms with E-state index in [2.05, 4.69) is 10.2 Å². The second-order valence-corrected chi connectivity index (χ2v) is 8.82. The van der Waals surface area contributed by atoms with Gasteiger partial charge < -0.3 is 15.1 Å². The Morgan fingerprint density at radius 1 is 1.17 bits per heavy atom. The highest BCUT2D eigenvalue weighted by molar-refractivity contribution is 6.34. The van der Waals surface area contributed by atoms with Gasteiger partial charge in [-0.3, -0.25) is 19.7 Å². The number of halogens is 1. The molecule has 1 N–H and O–H groups in total. The SMILES string of the molecule is CC(C)C(NC(=O)c1ccc([N+](=O)[O-])cc1Cl)C(=O)N1CCC(N2CCCC2)CC1. The molecule has 1 unspecified atom stereocenters. The van der Waals surface area contributed by atoms with Gasteiger partial charge >= 0.3 is 0 Å². The fraction of sp³-hybridized carbons (Fsp3) is 0.619. The van der Waals surface area contributed by atoms with Crippen LogP contribution in [-0.4, -0.2) is 64.8 Å². The first-order valence-corrected chi connectivity index (χ1v) is 10.9. The second kappa shape index (κ2) is 9.75. The van der Waals surface area contributed by atoms with Crippen LogP contribution >= 0.6 is 11.6 Å². The Labute approximate surface area is 181 Å². The molecule has 1 aromatic carbocycles. The van der Waals surface area contributed by atoms with Crippen molar-refractivity contribution in [3.8, 4) is 0 Å². The van der Waals surface area contributed by atoms with Gasteiger partial charge in [0.05, 0.1) is 15.5 Å². The van der Waals surface area contributed by atoms with Gasteiger partial charge in [-0.05, 0) is 50.8 Å². The number of amides is 2. The molecule has 30 heavy (non-hydrogen) atoms. The van der Waals surface area contributed by atoms with E-state index in [9.17, 15) is 19.7 Å². The Bertz CT molecular complexity index is 802. The van der Waals surface area contributed by atoms with Gasteiger partial charge in [0.15, 0.2) is 0 Å². The lowest BCUT2D eigenvalue weighted by Gasteiger charge is -2.38. The summed E-state index contributed by atoms with van der Waals surface area (Å²) < 4.78 is 0. The molecule has 2 saturated heterocycles. The maximum absolute atomic E-state index is 13.1. The van der Waals surface area contributed by atoms with E-state index in [-0.39, 0.29) is 28.1 Å². The number of benzene rings is 1. The molecule has 2 aliphatic rings. The number of nitro groups is 1. The number of nitrogens with one attached hydrogen (secondary N) is 1. The molecular weight excluding hydrogens is 408 g/mol. The van der Waals surface area contributed by atoms with E-state index in [1.54, 1.807) is 0 Å². The van der Waals surface area contributed by atoms with Crippen LogP contribution in [0.15, 0.2) is 18.2 Å². The summed E-state index contributed by atoms with van der Waals surface area (Å²) >= 11 is 6.07. The molecule has 9 heteroatoms. The van der Waals surface area contributed by atoms with Crippen LogP contribution in [0.1, 0.15) is 49.9 Å². The van der Waals surface area contributed by atoms with Gasteiger partial charge in [-0.25, -0.2) is 0 Å². The predicted molar refractivity (Wildman–Crippen MR) is 115 cm³/mol. The molecule has 1 atom stereocenters. The third-order valence-electron chi connectivity index (χ3n) is 6.06. The highest BCUT2D eigenvalue weighted by Gasteiger charge is 2.33. The van der Waals surface area contributed by atoms with Crippen LogP contribution < -0.4 is 5.32 Å². The minimum absolute atomic E-state index is 0.0110. The van der Waals surface area contributed by atoms with Crippen molar-refractivity contribution in [2.75, 3.05) is 26.2 Å². The summed E-state index contributed by atoms with van der Waals surface area (Å²) in [6.07, 6.45) is 4.43. The maximum atomic E-state index is 13.1. The molecule has 0 spiro atoms. The first-order chi connectivity index (χ1) is 14.3. The molecule has 0 aromatic heterocycles. The van der Waals surface area contributed by atoms with Gasteiger partial charge in [-0.2, -0.15) is 0 Å². The number of hydrogen-bond acceptors (Lipinski definition) is 5. The third kappa shape index (κ3) is 5.10. The van der Waals surface area contributed by atoms with Crippen molar-refractivity contribution in [2.24, 2.45) is 5.92 Å². The largest absolute Gasteiger partial charge is 0.341 e. The molecule has 2 amide bonds. The highest BCUT2D eigenvalue weighted by atomic mass is 35.5. The molecule has 0 bridgehead atoms. The number of carbonyl (C=O) groups is 2. The van der Waals surface area contributed by atoms with E-state index in [1.165, 1.54) is 25.0 Å². The molecule has 0 radical (unpaired) electrons. The van der Waals surface area contributed by atoms with Gasteiger partial charge in [0.25, 0.3) is 11.6 Å². The van der Waals surface area contributed by atoms with E-state index < -0.39 is 16.9 Å². The molecular formula is C21H29ClN4O4. The highest BCUT2D eigenvalue weighted by Crippen LogP contribution is 2.24. The van der Waals surface area contributed by atoms with Crippen molar-refractivity contribution in [3.05, 3.63) is 38.9 Å². The Hall–Kier alpha value is -2.19. The van der Waals surface area contributed by atoms with Gasteiger partial charge in [0.1, 0.15) is 6.04 Å². The lowest BCUT2D eigenvalue weighted by molar-refractivity contribution is -0.384. The molecule has 2 aliphatic heterocycles. The number of piperidine rings is 1. The lowest BCUT2D eigenvalue weighted by atomic mass is 9.98. The second-order valence-electron chi connectivity index (χ2n) is 8.42. The number of hydrogen-bond donors (Lipinski definition) is 1. The minimum atomic E-state index is -0.674. The van der Waals surface area contributed by atoms with Crippen LogP contribution in [-0.2, 0) is 4.79 Å². The van der Waals surface area contributed by atoms with Crippen molar-refractivity contribution < 1.29 is 14.5 Å².